The topological polar surface area (TPSA) is 85.2 Å². The van der Waals surface area contributed by atoms with Gasteiger partial charge in [0.2, 0.25) is 0 Å². The van der Waals surface area contributed by atoms with Crippen LogP contribution in [0.2, 0.25) is 0 Å². The average molecular weight is 565 g/mol. The van der Waals surface area contributed by atoms with Crippen LogP contribution in [0.5, 0.6) is 0 Å². The van der Waals surface area contributed by atoms with E-state index in [1.54, 1.807) is 0 Å². The Hall–Kier alpha value is 0.0300. The first kappa shape index (κ1) is 38.0. The molecule has 0 aromatic heterocycles. The molecule has 0 aromatic carbocycles. The molecule has 0 heterocycles. The predicted octanol–water partition coefficient (Wildman–Crippen LogP) is 9.90. The number of unbranched alkanes of at least 4 members (excludes halogenated alkanes) is 22. The van der Waals surface area contributed by atoms with E-state index >= 15 is 0 Å². The molecular formula is C31H65O6P. The summed E-state index contributed by atoms with van der Waals surface area (Å²) >= 11 is 0. The fraction of sp³-hybridized carbons (Fsp3) is 1.00. The lowest BCUT2D eigenvalue weighted by molar-refractivity contribution is 0.0286. The Morgan fingerprint density at radius 3 is 1.08 bits per heavy atom. The van der Waals surface area contributed by atoms with Crippen molar-refractivity contribution in [2.75, 3.05) is 26.4 Å². The maximum atomic E-state index is 13.0. The van der Waals surface area contributed by atoms with E-state index in [0.29, 0.717) is 13.2 Å². The largest absolute Gasteiger partial charge is 0.474 e. The number of phosphoric acid groups is 1. The molecule has 0 rings (SSSR count). The molecule has 1 atom stereocenters. The fourth-order valence-corrected chi connectivity index (χ4v) is 5.86. The number of aliphatic hydroxyl groups is 2. The second-order valence-electron chi connectivity index (χ2n) is 11.0. The summed E-state index contributed by atoms with van der Waals surface area (Å²) in [6, 6.07) is 0. The highest BCUT2D eigenvalue weighted by Gasteiger charge is 2.27. The Kier molecular flexibility index (Phi) is 30.0. The third-order valence-electron chi connectivity index (χ3n) is 7.13. The van der Waals surface area contributed by atoms with Gasteiger partial charge in [0.25, 0.3) is 0 Å². The Bertz CT molecular complexity index is 471. The van der Waals surface area contributed by atoms with E-state index in [0.717, 1.165) is 38.5 Å². The second-order valence-corrected chi connectivity index (χ2v) is 12.7. The molecular weight excluding hydrogens is 499 g/mol. The van der Waals surface area contributed by atoms with E-state index in [9.17, 15) is 9.67 Å². The standard InChI is InChI=1S/C31H65O6P/c1-3-5-7-9-11-13-15-17-19-21-23-25-27-35-38(34,37-30-31(33)29-32)36-28-26-24-22-20-18-16-14-12-10-8-6-4-2/h31-33H,3-30H2,1-2H3. The number of phosphoric ester groups is 1. The van der Waals surface area contributed by atoms with Crippen molar-refractivity contribution in [3.63, 3.8) is 0 Å². The van der Waals surface area contributed by atoms with Gasteiger partial charge in [-0.1, -0.05) is 155 Å². The van der Waals surface area contributed by atoms with Crippen LogP contribution in [0.3, 0.4) is 0 Å². The van der Waals surface area contributed by atoms with Crippen molar-refractivity contribution < 1.29 is 28.3 Å². The molecule has 6 nitrogen and oxygen atoms in total. The van der Waals surface area contributed by atoms with Crippen LogP contribution in [0.25, 0.3) is 0 Å². The van der Waals surface area contributed by atoms with Gasteiger partial charge in [0.05, 0.1) is 26.4 Å². The van der Waals surface area contributed by atoms with Gasteiger partial charge in [-0.25, -0.2) is 4.57 Å². The Morgan fingerprint density at radius 2 is 0.789 bits per heavy atom. The van der Waals surface area contributed by atoms with Gasteiger partial charge in [-0.3, -0.25) is 13.6 Å². The first-order chi connectivity index (χ1) is 18.6. The summed E-state index contributed by atoms with van der Waals surface area (Å²) in [5.74, 6) is 0. The summed E-state index contributed by atoms with van der Waals surface area (Å²) in [6.45, 7) is 4.45. The van der Waals surface area contributed by atoms with Crippen LogP contribution in [0.15, 0.2) is 0 Å². The molecule has 1 unspecified atom stereocenters. The van der Waals surface area contributed by atoms with Gasteiger partial charge in [-0.2, -0.15) is 0 Å². The van der Waals surface area contributed by atoms with Gasteiger partial charge >= 0.3 is 7.82 Å². The van der Waals surface area contributed by atoms with Crippen LogP contribution in [0, 0.1) is 0 Å². The molecule has 38 heavy (non-hydrogen) atoms. The third kappa shape index (κ3) is 27.6. The Labute approximate surface area is 236 Å². The smallest absolute Gasteiger partial charge is 0.394 e. The maximum absolute atomic E-state index is 13.0. The Balaban J connectivity index is 3.85. The zero-order valence-electron chi connectivity index (χ0n) is 25.4. The van der Waals surface area contributed by atoms with E-state index < -0.39 is 20.5 Å². The monoisotopic (exact) mass is 564 g/mol. The summed E-state index contributed by atoms with van der Waals surface area (Å²) in [7, 11) is -3.72. The maximum Gasteiger partial charge on any atom is 0.474 e. The number of hydrogen-bond donors (Lipinski definition) is 2. The molecule has 0 bridgehead atoms. The molecule has 0 spiro atoms. The van der Waals surface area contributed by atoms with Crippen LogP contribution in [-0.2, 0) is 18.1 Å². The molecule has 0 fully saturated rings. The lowest BCUT2D eigenvalue weighted by Crippen LogP contribution is -2.19. The minimum absolute atomic E-state index is 0.259. The molecule has 0 aliphatic heterocycles. The molecule has 0 aromatic rings. The van der Waals surface area contributed by atoms with Crippen molar-refractivity contribution in [3.05, 3.63) is 0 Å². The molecule has 0 amide bonds. The SMILES string of the molecule is CCCCCCCCCCCCCCOP(=O)(OCCCCCCCCCCCCCC)OCC(O)CO. The molecule has 0 aliphatic carbocycles. The van der Waals surface area contributed by atoms with Crippen LogP contribution in [0.1, 0.15) is 168 Å². The second kappa shape index (κ2) is 30.0. The quantitative estimate of drug-likeness (QED) is 0.0624. The number of aliphatic hydroxyl groups excluding tert-OH is 2. The van der Waals surface area contributed by atoms with Crippen LogP contribution >= 0.6 is 7.82 Å². The molecule has 0 saturated heterocycles. The summed E-state index contributed by atoms with van der Waals surface area (Å²) in [5.41, 5.74) is 0. The highest BCUT2D eigenvalue weighted by molar-refractivity contribution is 7.48. The van der Waals surface area contributed by atoms with Gasteiger partial charge in [0.15, 0.2) is 0 Å². The van der Waals surface area contributed by atoms with Crippen molar-refractivity contribution in [3.8, 4) is 0 Å². The summed E-state index contributed by atoms with van der Waals surface area (Å²) < 4.78 is 29.4. The minimum Gasteiger partial charge on any atom is -0.394 e. The van der Waals surface area contributed by atoms with E-state index in [1.165, 1.54) is 116 Å². The van der Waals surface area contributed by atoms with Gasteiger partial charge in [-0.15, -0.1) is 0 Å². The molecule has 0 aliphatic rings. The Morgan fingerprint density at radius 1 is 0.500 bits per heavy atom. The zero-order valence-corrected chi connectivity index (χ0v) is 26.2. The van der Waals surface area contributed by atoms with Crippen molar-refractivity contribution in [1.82, 2.24) is 0 Å². The lowest BCUT2D eigenvalue weighted by atomic mass is 10.1. The first-order valence-electron chi connectivity index (χ1n) is 16.4. The van der Waals surface area contributed by atoms with Crippen molar-refractivity contribution in [2.24, 2.45) is 0 Å². The van der Waals surface area contributed by atoms with Gasteiger partial charge < -0.3 is 10.2 Å². The molecule has 0 radical (unpaired) electrons. The normalized spacial score (nSPS) is 12.8. The van der Waals surface area contributed by atoms with Crippen molar-refractivity contribution in [2.45, 2.75) is 174 Å². The van der Waals surface area contributed by atoms with Crippen molar-refractivity contribution in [1.29, 1.82) is 0 Å². The third-order valence-corrected chi connectivity index (χ3v) is 8.59. The van der Waals surface area contributed by atoms with Gasteiger partial charge in [0, 0.05) is 0 Å². The van der Waals surface area contributed by atoms with Crippen LogP contribution in [0.4, 0.5) is 0 Å². The molecule has 2 N–H and O–H groups in total. The van der Waals surface area contributed by atoms with Gasteiger partial charge in [0.1, 0.15) is 6.10 Å². The fourth-order valence-electron chi connectivity index (χ4n) is 4.58. The first-order valence-corrected chi connectivity index (χ1v) is 17.9. The number of rotatable bonds is 32. The van der Waals surface area contributed by atoms with E-state index in [2.05, 4.69) is 13.8 Å². The highest BCUT2D eigenvalue weighted by Crippen LogP contribution is 2.49. The van der Waals surface area contributed by atoms with Gasteiger partial charge in [-0.05, 0) is 12.8 Å². The van der Waals surface area contributed by atoms with E-state index in [1.807, 2.05) is 0 Å². The minimum atomic E-state index is -3.72. The van der Waals surface area contributed by atoms with Crippen molar-refractivity contribution >= 4 is 7.82 Å². The summed E-state index contributed by atoms with van der Waals surface area (Å²) in [5, 5.41) is 18.6. The molecule has 0 saturated carbocycles. The summed E-state index contributed by atoms with van der Waals surface area (Å²) in [6.07, 6.45) is 28.9. The zero-order chi connectivity index (χ0) is 28.0. The molecule has 7 heteroatoms. The van der Waals surface area contributed by atoms with Crippen LogP contribution in [-0.4, -0.2) is 42.7 Å². The van der Waals surface area contributed by atoms with E-state index in [-0.39, 0.29) is 6.61 Å². The average Bonchev–Trinajstić information content (AvgIpc) is 2.92. The predicted molar refractivity (Wildman–Crippen MR) is 161 cm³/mol. The van der Waals surface area contributed by atoms with E-state index in [4.69, 9.17) is 18.7 Å². The summed E-state index contributed by atoms with van der Waals surface area (Å²) in [4.78, 5) is 0. The highest BCUT2D eigenvalue weighted by atomic mass is 31.2. The number of hydrogen-bond acceptors (Lipinski definition) is 6. The van der Waals surface area contributed by atoms with Crippen LogP contribution < -0.4 is 0 Å². The molecule has 230 valence electrons. The lowest BCUT2D eigenvalue weighted by Gasteiger charge is -2.19.